The molecular formula is C18H25N5O2S. The van der Waals surface area contributed by atoms with Crippen LogP contribution >= 0.6 is 11.3 Å². The second kappa shape index (κ2) is 8.28. The van der Waals surface area contributed by atoms with Crippen molar-refractivity contribution in [2.45, 2.75) is 31.8 Å². The van der Waals surface area contributed by atoms with Crippen molar-refractivity contribution in [3.63, 3.8) is 0 Å². The fourth-order valence-electron chi connectivity index (χ4n) is 3.88. The Bertz CT molecular complexity index is 711. The summed E-state index contributed by atoms with van der Waals surface area (Å²) in [5.74, 6) is 0.630. The number of thiazole rings is 1. The molecule has 0 radical (unpaired) electrons. The number of amides is 1. The van der Waals surface area contributed by atoms with E-state index in [0.717, 1.165) is 58.0 Å². The fourth-order valence-corrected chi connectivity index (χ4v) is 4.41. The molecule has 4 heterocycles. The Balaban J connectivity index is 1.33. The lowest BCUT2D eigenvalue weighted by molar-refractivity contribution is 0.0443. The van der Waals surface area contributed by atoms with Gasteiger partial charge in [-0.25, -0.2) is 4.98 Å². The first-order valence-corrected chi connectivity index (χ1v) is 10.2. The molecule has 1 saturated heterocycles. The maximum Gasteiger partial charge on any atom is 0.270 e. The monoisotopic (exact) mass is 375 g/mol. The fraction of sp³-hybridized carbons (Fsp3) is 0.611. The molecule has 0 saturated carbocycles. The summed E-state index contributed by atoms with van der Waals surface area (Å²) in [6.45, 7) is 5.48. The number of aromatic nitrogens is 3. The number of hydrogen-bond acceptors (Lipinski definition) is 6. The summed E-state index contributed by atoms with van der Waals surface area (Å²) in [6, 6.07) is 2.40. The third-order valence-corrected chi connectivity index (χ3v) is 5.82. The standard InChI is InChI=1S/C18H25N5O2S/c24-18(17-12-26-13-20-17)19-5-1-15-10-22(9-14-3-7-25-8-4-14)11-16-2-6-21-23(15)16/h2,6,12-15H,1,3-5,7-11H2,(H,19,24)/t15-/m0/s1. The highest BCUT2D eigenvalue weighted by Gasteiger charge is 2.27. The SMILES string of the molecule is O=C(NCC[C@H]1CN(CC2CCOCC2)Cc2ccnn21)c1cscn1. The van der Waals surface area contributed by atoms with Gasteiger partial charge in [-0.05, 0) is 31.2 Å². The first-order chi connectivity index (χ1) is 12.8. The molecule has 0 unspecified atom stereocenters. The van der Waals surface area contributed by atoms with Crippen LogP contribution in [0.4, 0.5) is 0 Å². The summed E-state index contributed by atoms with van der Waals surface area (Å²) in [5, 5.41) is 9.27. The van der Waals surface area contributed by atoms with Crippen molar-refractivity contribution in [1.29, 1.82) is 0 Å². The molecule has 0 spiro atoms. The predicted octanol–water partition coefficient (Wildman–Crippen LogP) is 1.94. The molecule has 0 aromatic carbocycles. The summed E-state index contributed by atoms with van der Waals surface area (Å²) in [7, 11) is 0. The van der Waals surface area contributed by atoms with Crippen molar-refractivity contribution < 1.29 is 9.53 Å². The minimum atomic E-state index is -0.0955. The van der Waals surface area contributed by atoms with Gasteiger partial charge in [0.2, 0.25) is 0 Å². The molecule has 0 bridgehead atoms. The number of fused-ring (bicyclic) bond motifs is 1. The molecule has 4 rings (SSSR count). The predicted molar refractivity (Wildman–Crippen MR) is 99.1 cm³/mol. The Morgan fingerprint density at radius 3 is 3.08 bits per heavy atom. The number of nitrogens with zero attached hydrogens (tertiary/aromatic N) is 4. The van der Waals surface area contributed by atoms with E-state index in [1.54, 1.807) is 10.9 Å². The lowest BCUT2D eigenvalue weighted by atomic mass is 9.98. The highest BCUT2D eigenvalue weighted by atomic mass is 32.1. The molecule has 140 valence electrons. The van der Waals surface area contributed by atoms with E-state index in [1.807, 2.05) is 6.20 Å². The molecule has 2 aromatic heterocycles. The van der Waals surface area contributed by atoms with Crippen molar-refractivity contribution in [3.8, 4) is 0 Å². The third-order valence-electron chi connectivity index (χ3n) is 5.24. The number of nitrogens with one attached hydrogen (secondary N) is 1. The molecule has 2 aliphatic heterocycles. The molecule has 1 atom stereocenters. The Hall–Kier alpha value is -1.77. The van der Waals surface area contributed by atoms with Crippen molar-refractivity contribution in [2.24, 2.45) is 5.92 Å². The van der Waals surface area contributed by atoms with Gasteiger partial charge < -0.3 is 10.1 Å². The number of carbonyl (C=O) groups is 1. The van der Waals surface area contributed by atoms with E-state index < -0.39 is 0 Å². The van der Waals surface area contributed by atoms with E-state index in [-0.39, 0.29) is 5.91 Å². The zero-order chi connectivity index (χ0) is 17.8. The molecule has 7 nitrogen and oxygen atoms in total. The molecule has 0 aliphatic carbocycles. The minimum Gasteiger partial charge on any atom is -0.381 e. The summed E-state index contributed by atoms with van der Waals surface area (Å²) in [5.41, 5.74) is 3.44. The van der Waals surface area contributed by atoms with E-state index in [9.17, 15) is 4.79 Å². The maximum absolute atomic E-state index is 12.1. The number of carbonyl (C=O) groups excluding carboxylic acids is 1. The van der Waals surface area contributed by atoms with Gasteiger partial charge in [0, 0.05) is 51.0 Å². The van der Waals surface area contributed by atoms with Gasteiger partial charge in [-0.1, -0.05) is 0 Å². The van der Waals surface area contributed by atoms with Crippen LogP contribution in [-0.4, -0.2) is 58.4 Å². The van der Waals surface area contributed by atoms with Crippen molar-refractivity contribution in [1.82, 2.24) is 25.0 Å². The second-order valence-corrected chi connectivity index (χ2v) is 7.81. The smallest absolute Gasteiger partial charge is 0.270 e. The van der Waals surface area contributed by atoms with Crippen LogP contribution in [-0.2, 0) is 11.3 Å². The van der Waals surface area contributed by atoms with Gasteiger partial charge in [0.15, 0.2) is 0 Å². The van der Waals surface area contributed by atoms with Gasteiger partial charge in [-0.15, -0.1) is 11.3 Å². The topological polar surface area (TPSA) is 72.3 Å². The summed E-state index contributed by atoms with van der Waals surface area (Å²) < 4.78 is 7.62. The van der Waals surface area contributed by atoms with Gasteiger partial charge in [0.1, 0.15) is 5.69 Å². The van der Waals surface area contributed by atoms with Crippen LogP contribution in [0.25, 0.3) is 0 Å². The maximum atomic E-state index is 12.1. The van der Waals surface area contributed by atoms with Crippen molar-refractivity contribution >= 4 is 17.2 Å². The van der Waals surface area contributed by atoms with Crippen LogP contribution in [0.15, 0.2) is 23.2 Å². The molecule has 1 N–H and O–H groups in total. The normalized spacial score (nSPS) is 21.5. The zero-order valence-electron chi connectivity index (χ0n) is 14.8. The molecule has 26 heavy (non-hydrogen) atoms. The van der Waals surface area contributed by atoms with Gasteiger partial charge >= 0.3 is 0 Å². The van der Waals surface area contributed by atoms with E-state index in [4.69, 9.17) is 4.74 Å². The number of ether oxygens (including phenoxy) is 1. The number of hydrogen-bond donors (Lipinski definition) is 1. The van der Waals surface area contributed by atoms with E-state index in [0.29, 0.717) is 18.3 Å². The lowest BCUT2D eigenvalue weighted by Gasteiger charge is -2.36. The van der Waals surface area contributed by atoms with Crippen LogP contribution in [0.2, 0.25) is 0 Å². The van der Waals surface area contributed by atoms with E-state index in [1.165, 1.54) is 17.0 Å². The van der Waals surface area contributed by atoms with Gasteiger partial charge in [0.05, 0.1) is 17.2 Å². The third kappa shape index (κ3) is 4.13. The molecule has 2 aliphatic rings. The van der Waals surface area contributed by atoms with Gasteiger partial charge in [-0.2, -0.15) is 5.10 Å². The van der Waals surface area contributed by atoms with Crippen LogP contribution in [0.5, 0.6) is 0 Å². The van der Waals surface area contributed by atoms with E-state index >= 15 is 0 Å². The highest BCUT2D eigenvalue weighted by molar-refractivity contribution is 7.07. The summed E-state index contributed by atoms with van der Waals surface area (Å²) in [6.07, 6.45) is 5.07. The average molecular weight is 375 g/mol. The Morgan fingerprint density at radius 1 is 1.38 bits per heavy atom. The van der Waals surface area contributed by atoms with E-state index in [2.05, 4.69) is 31.0 Å². The molecule has 1 amide bonds. The first-order valence-electron chi connectivity index (χ1n) is 9.28. The molecule has 1 fully saturated rings. The first kappa shape index (κ1) is 17.6. The van der Waals surface area contributed by atoms with Gasteiger partial charge in [0.25, 0.3) is 5.91 Å². The molecule has 2 aromatic rings. The highest BCUT2D eigenvalue weighted by Crippen LogP contribution is 2.25. The van der Waals surface area contributed by atoms with Crippen LogP contribution in [0.3, 0.4) is 0 Å². The average Bonchev–Trinajstić information content (AvgIpc) is 3.34. The minimum absolute atomic E-state index is 0.0955. The van der Waals surface area contributed by atoms with Crippen LogP contribution in [0, 0.1) is 5.92 Å². The largest absolute Gasteiger partial charge is 0.381 e. The summed E-state index contributed by atoms with van der Waals surface area (Å²) >= 11 is 1.44. The van der Waals surface area contributed by atoms with Crippen molar-refractivity contribution in [2.75, 3.05) is 32.8 Å². The second-order valence-electron chi connectivity index (χ2n) is 7.09. The Morgan fingerprint density at radius 2 is 2.27 bits per heavy atom. The lowest BCUT2D eigenvalue weighted by Crippen LogP contribution is -2.42. The Labute approximate surface area is 157 Å². The summed E-state index contributed by atoms with van der Waals surface area (Å²) in [4.78, 5) is 18.7. The van der Waals surface area contributed by atoms with Crippen molar-refractivity contribution in [3.05, 3.63) is 34.5 Å². The molecular weight excluding hydrogens is 350 g/mol. The zero-order valence-corrected chi connectivity index (χ0v) is 15.7. The quantitative estimate of drug-likeness (QED) is 0.835. The molecule has 8 heteroatoms. The Kier molecular flexibility index (Phi) is 5.62. The van der Waals surface area contributed by atoms with Crippen LogP contribution in [0.1, 0.15) is 41.5 Å². The van der Waals surface area contributed by atoms with Crippen LogP contribution < -0.4 is 5.32 Å². The number of rotatable bonds is 6. The van der Waals surface area contributed by atoms with Gasteiger partial charge in [-0.3, -0.25) is 14.4 Å².